The standard InChI is InChI=1S/C24H27NO2.ClH/c1-18(2)20-9-6-10-21(15-20)22-11-12-23(26-14-13-25)24(16-22)27-17-19-7-4-3-5-8-19;/h3-12,15-16,18H,13-14,17,25H2,1-2H3;1H. The van der Waals surface area contributed by atoms with E-state index in [1.807, 2.05) is 30.3 Å². The molecule has 0 aliphatic rings. The predicted molar refractivity (Wildman–Crippen MR) is 119 cm³/mol. The summed E-state index contributed by atoms with van der Waals surface area (Å²) in [4.78, 5) is 0. The Hall–Kier alpha value is -2.49. The van der Waals surface area contributed by atoms with Crippen LogP contribution in [0.4, 0.5) is 0 Å². The zero-order valence-electron chi connectivity index (χ0n) is 16.4. The molecule has 2 N–H and O–H groups in total. The minimum Gasteiger partial charge on any atom is -0.488 e. The molecule has 4 heteroatoms. The highest BCUT2D eigenvalue weighted by Crippen LogP contribution is 2.34. The van der Waals surface area contributed by atoms with Gasteiger partial charge in [-0.25, -0.2) is 0 Å². The third kappa shape index (κ3) is 5.75. The Morgan fingerprint density at radius 2 is 1.54 bits per heavy atom. The van der Waals surface area contributed by atoms with Crippen molar-refractivity contribution in [3.63, 3.8) is 0 Å². The minimum absolute atomic E-state index is 0. The molecule has 0 fully saturated rings. The molecule has 28 heavy (non-hydrogen) atoms. The first-order chi connectivity index (χ1) is 13.2. The highest BCUT2D eigenvalue weighted by molar-refractivity contribution is 5.85. The van der Waals surface area contributed by atoms with Gasteiger partial charge in [0.05, 0.1) is 0 Å². The van der Waals surface area contributed by atoms with Crippen LogP contribution >= 0.6 is 12.4 Å². The maximum atomic E-state index is 6.09. The second-order valence-corrected chi connectivity index (χ2v) is 6.85. The Balaban J connectivity index is 0.00000280. The van der Waals surface area contributed by atoms with E-state index in [4.69, 9.17) is 15.2 Å². The van der Waals surface area contributed by atoms with E-state index in [9.17, 15) is 0 Å². The summed E-state index contributed by atoms with van der Waals surface area (Å²) in [5.74, 6) is 1.95. The van der Waals surface area contributed by atoms with Crippen molar-refractivity contribution < 1.29 is 9.47 Å². The normalized spacial score (nSPS) is 10.4. The highest BCUT2D eigenvalue weighted by atomic mass is 35.5. The molecule has 0 aliphatic heterocycles. The molecule has 0 saturated carbocycles. The van der Waals surface area contributed by atoms with Crippen molar-refractivity contribution in [2.45, 2.75) is 26.4 Å². The fourth-order valence-electron chi connectivity index (χ4n) is 2.90. The summed E-state index contributed by atoms with van der Waals surface area (Å²) >= 11 is 0. The van der Waals surface area contributed by atoms with Gasteiger partial charge in [0.2, 0.25) is 0 Å². The first-order valence-corrected chi connectivity index (χ1v) is 9.41. The van der Waals surface area contributed by atoms with Crippen molar-refractivity contribution in [2.75, 3.05) is 13.2 Å². The van der Waals surface area contributed by atoms with Gasteiger partial charge in [0.25, 0.3) is 0 Å². The number of hydrogen-bond acceptors (Lipinski definition) is 3. The Bertz CT molecular complexity index is 865. The van der Waals surface area contributed by atoms with Gasteiger partial charge in [-0.05, 0) is 40.3 Å². The summed E-state index contributed by atoms with van der Waals surface area (Å²) in [5, 5.41) is 0. The predicted octanol–water partition coefficient (Wildman–Crippen LogP) is 5.82. The van der Waals surface area contributed by atoms with Crippen LogP contribution in [0.15, 0.2) is 72.8 Å². The number of benzene rings is 3. The van der Waals surface area contributed by atoms with Crippen molar-refractivity contribution in [3.05, 3.63) is 83.9 Å². The molecule has 0 radical (unpaired) electrons. The summed E-state index contributed by atoms with van der Waals surface area (Å²) in [5.41, 5.74) is 10.3. The third-order valence-electron chi connectivity index (χ3n) is 4.44. The number of halogens is 1. The SMILES string of the molecule is CC(C)c1cccc(-c2ccc(OCCN)c(OCc3ccccc3)c2)c1.Cl. The molecule has 0 aromatic heterocycles. The number of nitrogens with two attached hydrogens (primary N) is 1. The monoisotopic (exact) mass is 397 g/mol. The van der Waals surface area contributed by atoms with Crippen LogP contribution < -0.4 is 15.2 Å². The van der Waals surface area contributed by atoms with Crippen molar-refractivity contribution in [1.82, 2.24) is 0 Å². The van der Waals surface area contributed by atoms with Gasteiger partial charge >= 0.3 is 0 Å². The van der Waals surface area contributed by atoms with Gasteiger partial charge in [0, 0.05) is 6.54 Å². The number of hydrogen-bond donors (Lipinski definition) is 1. The van der Waals surface area contributed by atoms with Crippen LogP contribution in [0.2, 0.25) is 0 Å². The minimum atomic E-state index is 0. The molecule has 0 heterocycles. The lowest BCUT2D eigenvalue weighted by Gasteiger charge is -2.15. The topological polar surface area (TPSA) is 44.5 Å². The maximum Gasteiger partial charge on any atom is 0.162 e. The molecule has 0 amide bonds. The van der Waals surface area contributed by atoms with Crippen LogP contribution in [0.1, 0.15) is 30.9 Å². The molecule has 0 aliphatic carbocycles. The van der Waals surface area contributed by atoms with E-state index >= 15 is 0 Å². The lowest BCUT2D eigenvalue weighted by molar-refractivity contribution is 0.266. The van der Waals surface area contributed by atoms with Gasteiger partial charge in [0.1, 0.15) is 13.2 Å². The fourth-order valence-corrected chi connectivity index (χ4v) is 2.90. The van der Waals surface area contributed by atoms with Crippen molar-refractivity contribution >= 4 is 12.4 Å². The summed E-state index contributed by atoms with van der Waals surface area (Å²) < 4.78 is 11.9. The van der Waals surface area contributed by atoms with E-state index in [0.29, 0.717) is 25.7 Å². The molecule has 3 aromatic rings. The first-order valence-electron chi connectivity index (χ1n) is 9.41. The zero-order valence-corrected chi connectivity index (χ0v) is 17.2. The lowest BCUT2D eigenvalue weighted by Crippen LogP contribution is -2.11. The second-order valence-electron chi connectivity index (χ2n) is 6.85. The maximum absolute atomic E-state index is 6.09. The van der Waals surface area contributed by atoms with E-state index in [2.05, 4.69) is 56.3 Å². The van der Waals surface area contributed by atoms with Crippen molar-refractivity contribution in [1.29, 1.82) is 0 Å². The fraction of sp³-hybridized carbons (Fsp3) is 0.250. The van der Waals surface area contributed by atoms with Gasteiger partial charge in [-0.3, -0.25) is 0 Å². The smallest absolute Gasteiger partial charge is 0.162 e. The molecule has 0 atom stereocenters. The largest absolute Gasteiger partial charge is 0.488 e. The molecule has 148 valence electrons. The van der Waals surface area contributed by atoms with Crippen LogP contribution in [0, 0.1) is 0 Å². The molecule has 3 nitrogen and oxygen atoms in total. The Kier molecular flexibility index (Phi) is 8.37. The van der Waals surface area contributed by atoms with E-state index in [1.54, 1.807) is 0 Å². The summed E-state index contributed by atoms with van der Waals surface area (Å²) in [6.07, 6.45) is 0. The van der Waals surface area contributed by atoms with Gasteiger partial charge in [-0.1, -0.05) is 74.5 Å². The number of rotatable bonds is 8. The van der Waals surface area contributed by atoms with E-state index in [-0.39, 0.29) is 12.4 Å². The highest BCUT2D eigenvalue weighted by Gasteiger charge is 2.10. The third-order valence-corrected chi connectivity index (χ3v) is 4.44. The van der Waals surface area contributed by atoms with Crippen LogP contribution in [0.3, 0.4) is 0 Å². The molecular formula is C24H28ClNO2. The van der Waals surface area contributed by atoms with Gasteiger partial charge in [-0.2, -0.15) is 0 Å². The molecule has 0 saturated heterocycles. The second kappa shape index (κ2) is 10.7. The van der Waals surface area contributed by atoms with Gasteiger partial charge in [0.15, 0.2) is 11.5 Å². The van der Waals surface area contributed by atoms with Crippen LogP contribution in [0.5, 0.6) is 11.5 Å². The summed E-state index contributed by atoms with van der Waals surface area (Å²) in [6.45, 7) is 5.84. The molecule has 3 rings (SSSR count). The Morgan fingerprint density at radius 3 is 2.25 bits per heavy atom. The summed E-state index contributed by atoms with van der Waals surface area (Å²) in [7, 11) is 0. The lowest BCUT2D eigenvalue weighted by atomic mass is 9.97. The zero-order chi connectivity index (χ0) is 19.1. The Morgan fingerprint density at radius 1 is 0.786 bits per heavy atom. The average molecular weight is 398 g/mol. The van der Waals surface area contributed by atoms with Crippen molar-refractivity contribution in [2.24, 2.45) is 5.73 Å². The quantitative estimate of drug-likeness (QED) is 0.521. The van der Waals surface area contributed by atoms with Gasteiger partial charge in [-0.15, -0.1) is 12.4 Å². The molecule has 0 unspecified atom stereocenters. The van der Waals surface area contributed by atoms with Crippen molar-refractivity contribution in [3.8, 4) is 22.6 Å². The van der Waals surface area contributed by atoms with Crippen LogP contribution in [-0.2, 0) is 6.61 Å². The summed E-state index contributed by atoms with van der Waals surface area (Å²) in [6, 6.07) is 24.9. The number of ether oxygens (including phenoxy) is 2. The molecular weight excluding hydrogens is 370 g/mol. The average Bonchev–Trinajstić information content (AvgIpc) is 2.72. The first kappa shape index (κ1) is 21.8. The molecule has 0 bridgehead atoms. The van der Waals surface area contributed by atoms with Crippen LogP contribution in [-0.4, -0.2) is 13.2 Å². The Labute approximate surface area is 173 Å². The van der Waals surface area contributed by atoms with Crippen LogP contribution in [0.25, 0.3) is 11.1 Å². The molecule has 0 spiro atoms. The van der Waals surface area contributed by atoms with Gasteiger partial charge < -0.3 is 15.2 Å². The van der Waals surface area contributed by atoms with E-state index in [1.165, 1.54) is 11.1 Å². The van der Waals surface area contributed by atoms with E-state index < -0.39 is 0 Å². The molecule has 3 aromatic carbocycles. The van der Waals surface area contributed by atoms with E-state index in [0.717, 1.165) is 22.6 Å².